The second-order valence-corrected chi connectivity index (χ2v) is 6.91. The van der Waals surface area contributed by atoms with E-state index in [0.29, 0.717) is 6.54 Å². The summed E-state index contributed by atoms with van der Waals surface area (Å²) in [6.45, 7) is 0.341. The second kappa shape index (κ2) is 5.10. The van der Waals surface area contributed by atoms with Gasteiger partial charge in [-0.25, -0.2) is 8.42 Å². The van der Waals surface area contributed by atoms with Crippen molar-refractivity contribution in [1.82, 2.24) is 4.31 Å². The predicted octanol–water partition coefficient (Wildman–Crippen LogP) is 3.45. The zero-order chi connectivity index (χ0) is 16.0. The number of hydrogen-bond donors (Lipinski definition) is 0. The monoisotopic (exact) mass is 327 g/mol. The number of benzene rings is 2. The molecular formula is C15H12F3NO2S. The molecule has 0 N–H and O–H groups in total. The Labute approximate surface area is 126 Å². The summed E-state index contributed by atoms with van der Waals surface area (Å²) >= 11 is 0. The van der Waals surface area contributed by atoms with Gasteiger partial charge in [-0.05, 0) is 29.8 Å². The highest BCUT2D eigenvalue weighted by molar-refractivity contribution is 7.89. The lowest BCUT2D eigenvalue weighted by atomic mass is 10.2. The van der Waals surface area contributed by atoms with Gasteiger partial charge in [0.15, 0.2) is 0 Å². The lowest BCUT2D eigenvalue weighted by molar-refractivity contribution is -0.137. The highest BCUT2D eigenvalue weighted by Crippen LogP contribution is 2.40. The Bertz CT molecular complexity index is 771. The molecule has 1 saturated heterocycles. The van der Waals surface area contributed by atoms with Crippen LogP contribution in [0.3, 0.4) is 0 Å². The standard InChI is InChI=1S/C15H12F3NO2S/c16-15(17,18)12-6-8-13(9-7-12)22(20,21)19-10-14(19)11-4-2-1-3-5-11/h1-9,14H,10H2/t14-,19?/m0/s1. The highest BCUT2D eigenvalue weighted by Gasteiger charge is 2.45. The predicted molar refractivity (Wildman–Crippen MR) is 74.5 cm³/mol. The van der Waals surface area contributed by atoms with Gasteiger partial charge >= 0.3 is 6.18 Å². The van der Waals surface area contributed by atoms with Crippen LogP contribution in [0.15, 0.2) is 59.5 Å². The van der Waals surface area contributed by atoms with Gasteiger partial charge in [0.2, 0.25) is 10.0 Å². The first-order chi connectivity index (χ1) is 10.3. The van der Waals surface area contributed by atoms with Crippen molar-refractivity contribution in [2.45, 2.75) is 17.1 Å². The molecular weight excluding hydrogens is 315 g/mol. The summed E-state index contributed by atoms with van der Waals surface area (Å²) in [4.78, 5) is -0.126. The van der Waals surface area contributed by atoms with Crippen molar-refractivity contribution in [3.05, 3.63) is 65.7 Å². The lowest BCUT2D eigenvalue weighted by Gasteiger charge is -2.09. The molecule has 1 aliphatic rings. The van der Waals surface area contributed by atoms with Crippen molar-refractivity contribution >= 4 is 10.0 Å². The van der Waals surface area contributed by atoms with Gasteiger partial charge in [-0.15, -0.1) is 0 Å². The number of nitrogens with zero attached hydrogens (tertiary/aromatic N) is 1. The molecule has 1 aliphatic heterocycles. The van der Waals surface area contributed by atoms with Crippen LogP contribution in [-0.4, -0.2) is 19.3 Å². The van der Waals surface area contributed by atoms with Gasteiger partial charge in [0.1, 0.15) is 0 Å². The SMILES string of the molecule is O=S(=O)(c1ccc(C(F)(F)F)cc1)N1C[C@H]1c1ccccc1. The van der Waals surface area contributed by atoms with E-state index in [1.807, 2.05) is 30.3 Å². The molecule has 0 radical (unpaired) electrons. The molecule has 3 rings (SSSR count). The minimum Gasteiger partial charge on any atom is -0.207 e. The van der Waals surface area contributed by atoms with Crippen molar-refractivity contribution < 1.29 is 21.6 Å². The molecule has 7 heteroatoms. The minimum atomic E-state index is -4.48. The summed E-state index contributed by atoms with van der Waals surface area (Å²) in [6, 6.07) is 12.4. The molecule has 3 nitrogen and oxygen atoms in total. The van der Waals surface area contributed by atoms with Crippen LogP contribution < -0.4 is 0 Å². The molecule has 2 aromatic carbocycles. The maximum atomic E-state index is 12.5. The molecule has 0 spiro atoms. The Morgan fingerprint density at radius 3 is 2.09 bits per heavy atom. The Morgan fingerprint density at radius 2 is 1.55 bits per heavy atom. The summed E-state index contributed by atoms with van der Waals surface area (Å²) < 4.78 is 63.6. The smallest absolute Gasteiger partial charge is 0.207 e. The van der Waals surface area contributed by atoms with Gasteiger partial charge < -0.3 is 0 Å². The number of alkyl halides is 3. The Hall–Kier alpha value is -1.86. The summed E-state index contributed by atoms with van der Waals surface area (Å²) in [7, 11) is -3.76. The largest absolute Gasteiger partial charge is 0.416 e. The Kier molecular flexibility index (Phi) is 3.49. The molecule has 0 amide bonds. The topological polar surface area (TPSA) is 37.1 Å². The molecule has 2 aromatic rings. The maximum absolute atomic E-state index is 12.5. The Balaban J connectivity index is 1.83. The van der Waals surface area contributed by atoms with Crippen LogP contribution in [0.1, 0.15) is 17.2 Å². The van der Waals surface area contributed by atoms with E-state index >= 15 is 0 Å². The van der Waals surface area contributed by atoms with E-state index in [1.54, 1.807) is 0 Å². The van der Waals surface area contributed by atoms with Crippen molar-refractivity contribution in [1.29, 1.82) is 0 Å². The van der Waals surface area contributed by atoms with E-state index in [1.165, 1.54) is 4.31 Å². The molecule has 2 atom stereocenters. The fraction of sp³-hybridized carbons (Fsp3) is 0.200. The molecule has 1 unspecified atom stereocenters. The van der Waals surface area contributed by atoms with E-state index in [-0.39, 0.29) is 10.9 Å². The molecule has 0 bridgehead atoms. The van der Waals surface area contributed by atoms with Crippen molar-refractivity contribution in [3.8, 4) is 0 Å². The van der Waals surface area contributed by atoms with E-state index in [0.717, 1.165) is 29.8 Å². The minimum absolute atomic E-state index is 0.126. The van der Waals surface area contributed by atoms with Gasteiger partial charge in [-0.3, -0.25) is 0 Å². The zero-order valence-corrected chi connectivity index (χ0v) is 12.1. The normalized spacial score (nSPS) is 21.6. The van der Waals surface area contributed by atoms with E-state index < -0.39 is 21.8 Å². The molecule has 0 aliphatic carbocycles. The van der Waals surface area contributed by atoms with Crippen molar-refractivity contribution in [3.63, 3.8) is 0 Å². The van der Waals surface area contributed by atoms with Crippen LogP contribution in [0, 0.1) is 0 Å². The van der Waals surface area contributed by atoms with Crippen LogP contribution in [0.2, 0.25) is 0 Å². The first-order valence-electron chi connectivity index (χ1n) is 6.54. The van der Waals surface area contributed by atoms with Gasteiger partial charge in [0, 0.05) is 6.54 Å². The molecule has 0 saturated carbocycles. The summed E-state index contributed by atoms with van der Waals surface area (Å²) in [5.74, 6) is 0. The first kappa shape index (κ1) is 15.1. The first-order valence-corrected chi connectivity index (χ1v) is 7.98. The van der Waals surface area contributed by atoms with E-state index in [4.69, 9.17) is 0 Å². The number of halogens is 3. The van der Waals surface area contributed by atoms with Gasteiger partial charge in [0.25, 0.3) is 0 Å². The van der Waals surface area contributed by atoms with Crippen LogP contribution in [-0.2, 0) is 16.2 Å². The van der Waals surface area contributed by atoms with Crippen LogP contribution in [0.4, 0.5) is 13.2 Å². The fourth-order valence-corrected chi connectivity index (χ4v) is 3.83. The van der Waals surface area contributed by atoms with Crippen LogP contribution in [0.25, 0.3) is 0 Å². The fourth-order valence-electron chi connectivity index (χ4n) is 2.29. The number of sulfonamides is 1. The van der Waals surface area contributed by atoms with E-state index in [9.17, 15) is 21.6 Å². The maximum Gasteiger partial charge on any atom is 0.416 e. The van der Waals surface area contributed by atoms with Crippen LogP contribution in [0.5, 0.6) is 0 Å². The van der Waals surface area contributed by atoms with Crippen molar-refractivity contribution in [2.24, 2.45) is 0 Å². The third-order valence-corrected chi connectivity index (χ3v) is 5.43. The third kappa shape index (κ3) is 2.74. The highest BCUT2D eigenvalue weighted by atomic mass is 32.2. The average molecular weight is 327 g/mol. The number of hydrogen-bond acceptors (Lipinski definition) is 2. The molecule has 1 heterocycles. The molecule has 1 fully saturated rings. The van der Waals surface area contributed by atoms with Gasteiger partial charge in [-0.1, -0.05) is 30.3 Å². The van der Waals surface area contributed by atoms with Gasteiger partial charge in [-0.2, -0.15) is 17.5 Å². The van der Waals surface area contributed by atoms with Crippen molar-refractivity contribution in [2.75, 3.05) is 6.54 Å². The average Bonchev–Trinajstić information content (AvgIpc) is 3.29. The number of rotatable bonds is 3. The molecule has 116 valence electrons. The second-order valence-electron chi connectivity index (χ2n) is 5.02. The zero-order valence-electron chi connectivity index (χ0n) is 11.3. The van der Waals surface area contributed by atoms with Crippen LogP contribution >= 0.6 is 0 Å². The molecule has 0 aromatic heterocycles. The summed E-state index contributed by atoms with van der Waals surface area (Å²) in [5, 5.41) is 0. The van der Waals surface area contributed by atoms with E-state index in [2.05, 4.69) is 0 Å². The summed E-state index contributed by atoms with van der Waals surface area (Å²) in [6.07, 6.45) is -4.48. The Morgan fingerprint density at radius 1 is 0.955 bits per heavy atom. The summed E-state index contributed by atoms with van der Waals surface area (Å²) in [5.41, 5.74) is 0.00911. The van der Waals surface area contributed by atoms with Gasteiger partial charge in [0.05, 0.1) is 16.5 Å². The lowest BCUT2D eigenvalue weighted by Crippen LogP contribution is -2.13. The third-order valence-electron chi connectivity index (χ3n) is 3.54. The quantitative estimate of drug-likeness (QED) is 0.810. The molecule has 22 heavy (non-hydrogen) atoms.